The average molecular weight is 260 g/mol. The molecule has 1 unspecified atom stereocenters. The van der Waals surface area contributed by atoms with Gasteiger partial charge in [-0.05, 0) is 37.1 Å². The van der Waals surface area contributed by atoms with Crippen molar-refractivity contribution in [3.8, 4) is 0 Å². The fourth-order valence-corrected chi connectivity index (χ4v) is 3.51. The van der Waals surface area contributed by atoms with Gasteiger partial charge in [0.1, 0.15) is 0 Å². The van der Waals surface area contributed by atoms with Gasteiger partial charge in [0.25, 0.3) is 0 Å². The number of thiazole rings is 1. The summed E-state index contributed by atoms with van der Waals surface area (Å²) in [5.74, 6) is 0.527. The first-order valence-electron chi connectivity index (χ1n) is 6.88. The summed E-state index contributed by atoms with van der Waals surface area (Å²) in [6.07, 6.45) is 3.91. The van der Waals surface area contributed by atoms with Gasteiger partial charge in [0.15, 0.2) is 0 Å². The van der Waals surface area contributed by atoms with Crippen molar-refractivity contribution in [3.63, 3.8) is 0 Å². The lowest BCUT2D eigenvalue weighted by molar-refractivity contribution is 0.412. The van der Waals surface area contributed by atoms with Gasteiger partial charge in [-0.1, -0.05) is 26.3 Å². The first-order valence-corrected chi connectivity index (χ1v) is 7.69. The van der Waals surface area contributed by atoms with Gasteiger partial charge in [-0.3, -0.25) is 0 Å². The highest BCUT2D eigenvalue weighted by atomic mass is 32.1. The Balaban J connectivity index is 1.94. The lowest BCUT2D eigenvalue weighted by Gasteiger charge is -2.23. The van der Waals surface area contributed by atoms with E-state index in [2.05, 4.69) is 37.4 Å². The molecule has 0 bridgehead atoms. The number of aromatic nitrogens is 1. The summed E-state index contributed by atoms with van der Waals surface area (Å²) in [5, 5.41) is 4.85. The van der Waals surface area contributed by atoms with Crippen LogP contribution in [0, 0.1) is 0 Å². The summed E-state index contributed by atoms with van der Waals surface area (Å²) in [6, 6.07) is 7.33. The fraction of sp³-hybridized carbons (Fsp3) is 0.533. The van der Waals surface area contributed by atoms with E-state index in [0.29, 0.717) is 12.0 Å². The molecule has 1 aliphatic heterocycles. The number of hydrogen-bond acceptors (Lipinski definition) is 3. The van der Waals surface area contributed by atoms with Crippen molar-refractivity contribution in [1.82, 2.24) is 10.3 Å². The van der Waals surface area contributed by atoms with Crippen LogP contribution in [0.4, 0.5) is 0 Å². The summed E-state index contributed by atoms with van der Waals surface area (Å²) in [7, 11) is 0. The SMILES string of the molecule is CC(C)c1nc2cc(C3CCCCN3)ccc2s1. The highest BCUT2D eigenvalue weighted by molar-refractivity contribution is 7.18. The number of piperidine rings is 1. The third-order valence-corrected chi connectivity index (χ3v) is 4.97. The Morgan fingerprint density at radius 2 is 2.22 bits per heavy atom. The van der Waals surface area contributed by atoms with Gasteiger partial charge in [0.05, 0.1) is 15.2 Å². The molecule has 0 spiro atoms. The lowest BCUT2D eigenvalue weighted by Crippen LogP contribution is -2.26. The Labute approximate surface area is 112 Å². The molecule has 1 aliphatic rings. The summed E-state index contributed by atoms with van der Waals surface area (Å²) in [5.41, 5.74) is 2.58. The van der Waals surface area contributed by atoms with Crippen LogP contribution in [0.2, 0.25) is 0 Å². The van der Waals surface area contributed by atoms with Crippen molar-refractivity contribution in [2.24, 2.45) is 0 Å². The van der Waals surface area contributed by atoms with E-state index in [1.807, 2.05) is 11.3 Å². The van der Waals surface area contributed by atoms with E-state index in [0.717, 1.165) is 6.54 Å². The van der Waals surface area contributed by atoms with Crippen LogP contribution in [0.3, 0.4) is 0 Å². The van der Waals surface area contributed by atoms with Gasteiger partial charge in [-0.2, -0.15) is 0 Å². The van der Waals surface area contributed by atoms with Crippen molar-refractivity contribution in [2.75, 3.05) is 6.54 Å². The Hall–Kier alpha value is -0.930. The maximum absolute atomic E-state index is 4.76. The van der Waals surface area contributed by atoms with Crippen LogP contribution in [0.15, 0.2) is 18.2 Å². The molecule has 3 heteroatoms. The molecule has 0 saturated carbocycles. The second-order valence-corrected chi connectivity index (χ2v) is 6.50. The molecule has 1 saturated heterocycles. The largest absolute Gasteiger partial charge is 0.310 e. The molecule has 2 nitrogen and oxygen atoms in total. The van der Waals surface area contributed by atoms with E-state index in [1.165, 1.54) is 40.1 Å². The van der Waals surface area contributed by atoms with Crippen LogP contribution < -0.4 is 5.32 Å². The number of fused-ring (bicyclic) bond motifs is 1. The maximum atomic E-state index is 4.76. The van der Waals surface area contributed by atoms with E-state index in [4.69, 9.17) is 4.98 Å². The minimum Gasteiger partial charge on any atom is -0.310 e. The molecule has 2 aromatic rings. The zero-order chi connectivity index (χ0) is 12.5. The van der Waals surface area contributed by atoms with Crippen molar-refractivity contribution >= 4 is 21.6 Å². The van der Waals surface area contributed by atoms with Gasteiger partial charge in [-0.25, -0.2) is 4.98 Å². The summed E-state index contributed by atoms with van der Waals surface area (Å²) >= 11 is 1.83. The third kappa shape index (κ3) is 2.29. The van der Waals surface area contributed by atoms with Crippen LogP contribution in [0.1, 0.15) is 55.6 Å². The van der Waals surface area contributed by atoms with E-state index in [-0.39, 0.29) is 0 Å². The molecule has 0 aliphatic carbocycles. The fourth-order valence-electron chi connectivity index (χ4n) is 2.56. The van der Waals surface area contributed by atoms with Gasteiger partial charge in [0.2, 0.25) is 0 Å². The highest BCUT2D eigenvalue weighted by Gasteiger charge is 2.16. The standard InChI is InChI=1S/C15H20N2S/c1-10(2)15-17-13-9-11(6-7-14(13)18-15)12-5-3-4-8-16-12/h6-7,9-10,12,16H,3-5,8H2,1-2H3. The van der Waals surface area contributed by atoms with Crippen LogP contribution in [-0.2, 0) is 0 Å². The molecule has 2 heterocycles. The van der Waals surface area contributed by atoms with E-state index in [1.54, 1.807) is 0 Å². The average Bonchev–Trinajstić information content (AvgIpc) is 2.82. The molecular weight excluding hydrogens is 240 g/mol. The molecule has 0 radical (unpaired) electrons. The molecule has 1 aromatic heterocycles. The topological polar surface area (TPSA) is 24.9 Å². The van der Waals surface area contributed by atoms with Crippen LogP contribution in [0.5, 0.6) is 0 Å². The first-order chi connectivity index (χ1) is 8.74. The van der Waals surface area contributed by atoms with Crippen LogP contribution >= 0.6 is 11.3 Å². The van der Waals surface area contributed by atoms with Gasteiger partial charge in [-0.15, -0.1) is 11.3 Å². The van der Waals surface area contributed by atoms with Gasteiger partial charge >= 0.3 is 0 Å². The molecule has 0 amide bonds. The second kappa shape index (κ2) is 4.98. The minimum atomic E-state index is 0.527. The molecule has 1 atom stereocenters. The molecule has 1 N–H and O–H groups in total. The predicted octanol–water partition coefficient (Wildman–Crippen LogP) is 4.23. The molecule has 1 fully saturated rings. The molecule has 18 heavy (non-hydrogen) atoms. The maximum Gasteiger partial charge on any atom is 0.0963 e. The first kappa shape index (κ1) is 12.1. The molecular formula is C15H20N2S. The number of hydrogen-bond donors (Lipinski definition) is 1. The van der Waals surface area contributed by atoms with Crippen molar-refractivity contribution in [2.45, 2.75) is 45.1 Å². The van der Waals surface area contributed by atoms with E-state index < -0.39 is 0 Å². The third-order valence-electron chi connectivity index (χ3n) is 3.63. The summed E-state index contributed by atoms with van der Waals surface area (Å²) in [6.45, 7) is 5.57. The van der Waals surface area contributed by atoms with Crippen molar-refractivity contribution < 1.29 is 0 Å². The number of benzene rings is 1. The lowest BCUT2D eigenvalue weighted by atomic mass is 9.97. The minimum absolute atomic E-state index is 0.527. The Morgan fingerprint density at radius 1 is 1.33 bits per heavy atom. The van der Waals surface area contributed by atoms with Gasteiger partial charge in [0, 0.05) is 12.0 Å². The number of rotatable bonds is 2. The summed E-state index contributed by atoms with van der Waals surface area (Å²) in [4.78, 5) is 4.76. The van der Waals surface area contributed by atoms with E-state index in [9.17, 15) is 0 Å². The summed E-state index contributed by atoms with van der Waals surface area (Å²) < 4.78 is 1.32. The molecule has 3 rings (SSSR count). The Kier molecular flexibility index (Phi) is 3.35. The zero-order valence-corrected chi connectivity index (χ0v) is 11.9. The Bertz CT molecular complexity index is 538. The van der Waals surface area contributed by atoms with Crippen molar-refractivity contribution in [3.05, 3.63) is 28.8 Å². The molecule has 96 valence electrons. The number of nitrogens with zero attached hydrogens (tertiary/aromatic N) is 1. The van der Waals surface area contributed by atoms with Crippen LogP contribution in [0.25, 0.3) is 10.2 Å². The van der Waals surface area contributed by atoms with Gasteiger partial charge < -0.3 is 5.32 Å². The molecule has 1 aromatic carbocycles. The normalized spacial score (nSPS) is 20.7. The highest BCUT2D eigenvalue weighted by Crippen LogP contribution is 2.30. The number of nitrogens with one attached hydrogen (secondary N) is 1. The van der Waals surface area contributed by atoms with E-state index >= 15 is 0 Å². The quantitative estimate of drug-likeness (QED) is 0.874. The Morgan fingerprint density at radius 3 is 2.94 bits per heavy atom. The van der Waals surface area contributed by atoms with Crippen LogP contribution in [-0.4, -0.2) is 11.5 Å². The predicted molar refractivity (Wildman–Crippen MR) is 78.3 cm³/mol. The van der Waals surface area contributed by atoms with Crippen molar-refractivity contribution in [1.29, 1.82) is 0 Å². The zero-order valence-electron chi connectivity index (χ0n) is 11.1. The smallest absolute Gasteiger partial charge is 0.0963 e. The monoisotopic (exact) mass is 260 g/mol. The second-order valence-electron chi connectivity index (χ2n) is 5.44.